The van der Waals surface area contributed by atoms with Crippen molar-refractivity contribution in [2.45, 2.75) is 51.7 Å². The molecule has 0 bridgehead atoms. The molecule has 0 radical (unpaired) electrons. The van der Waals surface area contributed by atoms with Gasteiger partial charge in [-0.3, -0.25) is 4.79 Å². The average Bonchev–Trinajstić information content (AvgIpc) is 3.46. The Kier molecular flexibility index (Phi) is 5.90. The Bertz CT molecular complexity index is 522. The highest BCUT2D eigenvalue weighted by Gasteiger charge is 2.32. The number of carbonyl (C=O) groups excluding carboxylic acids is 1. The molecule has 0 spiro atoms. The number of nitrogens with zero attached hydrogens (tertiary/aromatic N) is 2. The lowest BCUT2D eigenvalue weighted by molar-refractivity contribution is -0.130. The number of carbonyl (C=O) groups is 1. The summed E-state index contributed by atoms with van der Waals surface area (Å²) < 4.78 is 5.86. The van der Waals surface area contributed by atoms with Gasteiger partial charge in [-0.05, 0) is 57.2 Å². The minimum absolute atomic E-state index is 0.108. The zero-order valence-electron chi connectivity index (χ0n) is 15.0. The highest BCUT2D eigenvalue weighted by atomic mass is 16.5. The van der Waals surface area contributed by atoms with E-state index in [1.54, 1.807) is 0 Å². The molecule has 4 heteroatoms. The first kappa shape index (κ1) is 17.4. The Labute approximate surface area is 145 Å². The number of hydrogen-bond acceptors (Lipinski definition) is 3. The summed E-state index contributed by atoms with van der Waals surface area (Å²) >= 11 is 0. The van der Waals surface area contributed by atoms with Crippen LogP contribution in [0.5, 0.6) is 0 Å². The zero-order chi connectivity index (χ0) is 16.9. The van der Waals surface area contributed by atoms with Crippen LogP contribution in [0.25, 0.3) is 0 Å². The number of hydrogen-bond donors (Lipinski definition) is 0. The summed E-state index contributed by atoms with van der Waals surface area (Å²) in [7, 11) is 0. The van der Waals surface area contributed by atoms with Gasteiger partial charge in [0.05, 0.1) is 6.61 Å². The largest absolute Gasteiger partial charge is 0.368 e. The van der Waals surface area contributed by atoms with Gasteiger partial charge in [0.15, 0.2) is 0 Å². The van der Waals surface area contributed by atoms with Crippen molar-refractivity contribution in [1.29, 1.82) is 0 Å². The van der Waals surface area contributed by atoms with E-state index in [-0.39, 0.29) is 18.1 Å². The maximum atomic E-state index is 13.1. The number of piperidine rings is 1. The normalized spacial score (nSPS) is 20.8. The highest BCUT2D eigenvalue weighted by molar-refractivity contribution is 5.96. The number of likely N-dealkylation sites (tertiary alicyclic amines) is 1. The number of benzene rings is 1. The van der Waals surface area contributed by atoms with Gasteiger partial charge in [0.1, 0.15) is 6.10 Å². The Hall–Kier alpha value is -1.39. The average molecular weight is 330 g/mol. The van der Waals surface area contributed by atoms with Crippen molar-refractivity contribution in [2.75, 3.05) is 31.1 Å². The van der Waals surface area contributed by atoms with Gasteiger partial charge >= 0.3 is 0 Å². The molecule has 1 saturated carbocycles. The summed E-state index contributed by atoms with van der Waals surface area (Å²) in [5.74, 6) is 0.787. The van der Waals surface area contributed by atoms with Gasteiger partial charge in [0, 0.05) is 24.8 Å². The third kappa shape index (κ3) is 4.37. The number of amides is 1. The van der Waals surface area contributed by atoms with Crippen molar-refractivity contribution in [2.24, 2.45) is 5.92 Å². The molecule has 132 valence electrons. The SMILES string of the molecule is CCN1CCC(N(C(=O)C(C)OCC2CC2)c2ccccc2)CC1. The summed E-state index contributed by atoms with van der Waals surface area (Å²) in [6, 6.07) is 10.4. The van der Waals surface area contributed by atoms with Crippen LogP contribution >= 0.6 is 0 Å². The van der Waals surface area contributed by atoms with Crippen molar-refractivity contribution in [3.63, 3.8) is 0 Å². The molecule has 1 unspecified atom stereocenters. The predicted molar refractivity (Wildman–Crippen MR) is 97.2 cm³/mol. The Balaban J connectivity index is 1.70. The van der Waals surface area contributed by atoms with E-state index in [4.69, 9.17) is 4.74 Å². The van der Waals surface area contributed by atoms with Crippen molar-refractivity contribution in [3.05, 3.63) is 30.3 Å². The van der Waals surface area contributed by atoms with E-state index in [0.29, 0.717) is 5.92 Å². The first-order chi connectivity index (χ1) is 11.7. The second-order valence-corrected chi connectivity index (χ2v) is 7.13. The summed E-state index contributed by atoms with van der Waals surface area (Å²) in [6.45, 7) is 8.05. The monoisotopic (exact) mass is 330 g/mol. The van der Waals surface area contributed by atoms with E-state index < -0.39 is 0 Å². The lowest BCUT2D eigenvalue weighted by Crippen LogP contribution is -2.50. The van der Waals surface area contributed by atoms with E-state index in [1.165, 1.54) is 12.8 Å². The molecule has 1 aromatic carbocycles. The molecule has 1 heterocycles. The Morgan fingerprint density at radius 3 is 2.46 bits per heavy atom. The lowest BCUT2D eigenvalue weighted by atomic mass is 10.0. The summed E-state index contributed by atoms with van der Waals surface area (Å²) in [4.78, 5) is 17.6. The minimum Gasteiger partial charge on any atom is -0.368 e. The molecule has 0 N–H and O–H groups in total. The lowest BCUT2D eigenvalue weighted by Gasteiger charge is -2.39. The van der Waals surface area contributed by atoms with Gasteiger partial charge in [-0.25, -0.2) is 0 Å². The summed E-state index contributed by atoms with van der Waals surface area (Å²) in [5.41, 5.74) is 0.999. The van der Waals surface area contributed by atoms with Gasteiger partial charge < -0.3 is 14.5 Å². The Morgan fingerprint density at radius 1 is 1.21 bits per heavy atom. The van der Waals surface area contributed by atoms with Gasteiger partial charge in [-0.1, -0.05) is 25.1 Å². The molecular formula is C20H30N2O2. The minimum atomic E-state index is -0.366. The third-order valence-corrected chi connectivity index (χ3v) is 5.27. The standard InChI is InChI=1S/C20H30N2O2/c1-3-21-13-11-19(12-14-21)22(18-7-5-4-6-8-18)20(23)16(2)24-15-17-9-10-17/h4-8,16-17,19H,3,9-15H2,1-2H3. The van der Waals surface area contributed by atoms with Crippen molar-refractivity contribution in [3.8, 4) is 0 Å². The molecule has 1 amide bonds. The van der Waals surface area contributed by atoms with Crippen LogP contribution in [0.4, 0.5) is 5.69 Å². The van der Waals surface area contributed by atoms with Crippen molar-refractivity contribution in [1.82, 2.24) is 4.90 Å². The van der Waals surface area contributed by atoms with Crippen molar-refractivity contribution >= 4 is 11.6 Å². The zero-order valence-corrected chi connectivity index (χ0v) is 15.0. The van der Waals surface area contributed by atoms with E-state index in [1.807, 2.05) is 42.2 Å². The molecule has 1 aliphatic carbocycles. The number of anilines is 1. The van der Waals surface area contributed by atoms with Crippen LogP contribution in [0.3, 0.4) is 0 Å². The fraction of sp³-hybridized carbons (Fsp3) is 0.650. The van der Waals surface area contributed by atoms with E-state index >= 15 is 0 Å². The predicted octanol–water partition coefficient (Wildman–Crippen LogP) is 3.32. The first-order valence-electron chi connectivity index (χ1n) is 9.41. The van der Waals surface area contributed by atoms with Crippen LogP contribution in [0.1, 0.15) is 39.5 Å². The first-order valence-corrected chi connectivity index (χ1v) is 9.41. The molecule has 2 aliphatic rings. The second-order valence-electron chi connectivity index (χ2n) is 7.13. The quantitative estimate of drug-likeness (QED) is 0.769. The van der Waals surface area contributed by atoms with Crippen LogP contribution in [0.15, 0.2) is 30.3 Å². The maximum Gasteiger partial charge on any atom is 0.256 e. The number of para-hydroxylation sites is 1. The Morgan fingerprint density at radius 2 is 1.88 bits per heavy atom. The molecule has 24 heavy (non-hydrogen) atoms. The fourth-order valence-electron chi connectivity index (χ4n) is 3.43. The molecular weight excluding hydrogens is 300 g/mol. The number of rotatable bonds is 7. The van der Waals surface area contributed by atoms with Crippen molar-refractivity contribution < 1.29 is 9.53 Å². The van der Waals surface area contributed by atoms with Crippen LogP contribution in [0, 0.1) is 5.92 Å². The van der Waals surface area contributed by atoms with E-state index in [0.717, 1.165) is 44.8 Å². The maximum absolute atomic E-state index is 13.1. The molecule has 1 aliphatic heterocycles. The molecule has 1 aromatic rings. The van der Waals surface area contributed by atoms with E-state index in [9.17, 15) is 4.79 Å². The molecule has 1 saturated heterocycles. The highest BCUT2D eigenvalue weighted by Crippen LogP contribution is 2.30. The molecule has 0 aromatic heterocycles. The van der Waals surface area contributed by atoms with Crippen LogP contribution in [0.2, 0.25) is 0 Å². The molecule has 1 atom stereocenters. The van der Waals surface area contributed by atoms with Gasteiger partial charge in [-0.15, -0.1) is 0 Å². The smallest absolute Gasteiger partial charge is 0.256 e. The number of ether oxygens (including phenoxy) is 1. The fourth-order valence-corrected chi connectivity index (χ4v) is 3.43. The van der Waals surface area contributed by atoms with Gasteiger partial charge in [-0.2, -0.15) is 0 Å². The van der Waals surface area contributed by atoms with Crippen LogP contribution < -0.4 is 4.90 Å². The molecule has 3 rings (SSSR count). The summed E-state index contributed by atoms with van der Waals surface area (Å²) in [6.07, 6.45) is 4.19. The second kappa shape index (κ2) is 8.13. The summed E-state index contributed by atoms with van der Waals surface area (Å²) in [5, 5.41) is 0. The van der Waals surface area contributed by atoms with Gasteiger partial charge in [0.2, 0.25) is 0 Å². The van der Waals surface area contributed by atoms with Crippen LogP contribution in [-0.4, -0.2) is 49.2 Å². The van der Waals surface area contributed by atoms with Crippen LogP contribution in [-0.2, 0) is 9.53 Å². The van der Waals surface area contributed by atoms with Gasteiger partial charge in [0.25, 0.3) is 5.91 Å². The molecule has 2 fully saturated rings. The third-order valence-electron chi connectivity index (χ3n) is 5.27. The van der Waals surface area contributed by atoms with E-state index in [2.05, 4.69) is 11.8 Å². The molecule has 4 nitrogen and oxygen atoms in total. The topological polar surface area (TPSA) is 32.8 Å².